The van der Waals surface area contributed by atoms with Crippen LogP contribution in [0.5, 0.6) is 0 Å². The van der Waals surface area contributed by atoms with Crippen molar-refractivity contribution in [3.05, 3.63) is 143 Å². The quantitative estimate of drug-likeness (QED) is 0.0114. The number of nitrogen functional groups attached to an aromatic ring is 4. The van der Waals surface area contributed by atoms with E-state index >= 15 is 0 Å². The summed E-state index contributed by atoms with van der Waals surface area (Å²) in [7, 11) is -19.0. The molecule has 131 heavy (non-hydrogen) atoms. The molecular formula is C73H99N19O35P4. The standard InChI is InChI=1S/C38H51N9O18P2.C19H26N8O13P2.C15H21NO4.CHN/c1-38(2,3)64-37(52)44-22(11-7-8-12-28(48)58-16-21-9-5-4-6-10-21)35(50)63-31-25(62-34(30(31)49)47-20-43-29-32(40)41-19-42-33(29)47)18-60-67(56,57)65-23-15-27(46-14-13-26(39)45-36(46)51)61-24(23)17-59-66(53,54)55;20-11-1-2-26(19(30)25-11)12-3-8(9(38-12)4-36-41(31,32)33)40-42(34,35)37-5-10-14(28)15(29)18(39-10)27-7-24-13-16(21)22-6-23-17(13)27;1-12(14(17)19-2)7-6-10-16-15(18)20-11-13-8-4-3-5-9-13;1-2/h4-6,9-10,13-14,19-20,22-25,27,30-31,34,49H,7-8,11-12,15-18H2,1-3H3,(H,44,52)(H,56,57)(H2,39,45,51)(H2,40,41,42)(H2,53,54,55);1-2,6-10,12,14-15,18,28-29H,3-5H2,(H,34,35)(H2,20,25,30)(H2,21,22,23)(H2,31,32,33);3-5,8-9,12H,6-7,10-11H2,1-2H3,(H,16,18);1H/t22-,23-,24+,25+,27+,30+,31+,34+;8-,9+,10+,12+,14+,15+,18+;12-;/m000./s1. The van der Waals surface area contributed by atoms with E-state index in [1.807, 2.05) is 36.4 Å². The van der Waals surface area contributed by atoms with Gasteiger partial charge < -0.3 is 121 Å². The van der Waals surface area contributed by atoms with Gasteiger partial charge >= 0.3 is 72.8 Å². The fourth-order valence-electron chi connectivity index (χ4n) is 13.1. The maximum Gasteiger partial charge on any atom is 0.472 e. The van der Waals surface area contributed by atoms with Crippen LogP contribution in [-0.4, -0.2) is 246 Å². The molecule has 4 aliphatic heterocycles. The van der Waals surface area contributed by atoms with Crippen LogP contribution in [0.15, 0.2) is 120 Å². The van der Waals surface area contributed by atoms with Crippen molar-refractivity contribution >= 4 is 107 Å². The minimum Gasteiger partial charge on any atom is -0.469 e. The molecule has 0 spiro atoms. The lowest BCUT2D eigenvalue weighted by atomic mass is 10.1. The Bertz CT molecular complexity index is 5520. The number of amides is 2. The minimum absolute atomic E-state index is 0.0156. The lowest BCUT2D eigenvalue weighted by Crippen LogP contribution is -2.47. The first-order chi connectivity index (χ1) is 61.9. The van der Waals surface area contributed by atoms with E-state index in [9.17, 15) is 86.7 Å². The Balaban J connectivity index is 0.000000254. The van der Waals surface area contributed by atoms with Crippen LogP contribution in [0.25, 0.3) is 22.3 Å². The third-order valence-corrected chi connectivity index (χ3v) is 22.3. The van der Waals surface area contributed by atoms with Crippen molar-refractivity contribution in [2.24, 2.45) is 5.92 Å². The summed E-state index contributed by atoms with van der Waals surface area (Å²) in [6.07, 6.45) is -13.4. The number of anilines is 4. The number of nitrogens with zero attached hydrogens (tertiary/aromatic N) is 13. The number of nitrogens with two attached hydrogens (primary N) is 4. The number of carbonyl (C=O) groups is 5. The van der Waals surface area contributed by atoms with Crippen LogP contribution < -0.4 is 44.9 Å². The van der Waals surface area contributed by atoms with Crippen molar-refractivity contribution < 1.29 is 157 Å². The van der Waals surface area contributed by atoms with Crippen molar-refractivity contribution in [1.29, 1.82) is 5.26 Å². The molecule has 10 heterocycles. The van der Waals surface area contributed by atoms with Gasteiger partial charge in [-0.15, -0.1) is 0 Å². The van der Waals surface area contributed by atoms with Gasteiger partial charge in [-0.25, -0.2) is 77.4 Å². The zero-order valence-corrected chi connectivity index (χ0v) is 73.9. The highest BCUT2D eigenvalue weighted by Gasteiger charge is 2.52. The molecule has 54 nitrogen and oxygen atoms in total. The summed E-state index contributed by atoms with van der Waals surface area (Å²) >= 11 is 0. The van der Waals surface area contributed by atoms with Crippen LogP contribution in [0, 0.1) is 17.8 Å². The number of rotatable bonds is 37. The lowest BCUT2D eigenvalue weighted by Gasteiger charge is -2.26. The summed E-state index contributed by atoms with van der Waals surface area (Å²) in [5, 5.41) is 44.4. The summed E-state index contributed by atoms with van der Waals surface area (Å²) in [4.78, 5) is 176. The van der Waals surface area contributed by atoms with Gasteiger partial charge in [0.2, 0.25) is 0 Å². The number of methoxy groups -OCH3 is 1. The molecule has 4 aliphatic rings. The van der Waals surface area contributed by atoms with E-state index in [-0.39, 0.29) is 109 Å². The smallest absolute Gasteiger partial charge is 0.469 e. The molecule has 0 saturated carbocycles. The van der Waals surface area contributed by atoms with E-state index in [0.29, 0.717) is 19.4 Å². The molecule has 2 amide bonds. The Morgan fingerprint density at radius 3 is 1.50 bits per heavy atom. The maximum absolute atomic E-state index is 14.0. The summed E-state index contributed by atoms with van der Waals surface area (Å²) < 4.78 is 133. The average molecular weight is 1930 g/mol. The number of imidazole rings is 2. The molecule has 4 fully saturated rings. The molecule has 2 unspecified atom stereocenters. The third-order valence-electron chi connectivity index (χ3n) is 19.3. The number of aromatic nitrogens is 12. The molecule has 19 N–H and O–H groups in total. The van der Waals surface area contributed by atoms with Crippen molar-refractivity contribution in [3.8, 4) is 6.57 Å². The number of aliphatic hydroxyl groups excluding tert-OH is 3. The van der Waals surface area contributed by atoms with Crippen LogP contribution in [0.3, 0.4) is 0 Å². The number of phosphoric ester groups is 4. The number of fused-ring (bicyclic) bond motifs is 2. The van der Waals surface area contributed by atoms with E-state index in [1.165, 1.54) is 59.8 Å². The first-order valence-electron chi connectivity index (χ1n) is 39.5. The second-order valence-corrected chi connectivity index (χ2v) is 35.3. The van der Waals surface area contributed by atoms with Crippen molar-refractivity contribution in [3.63, 3.8) is 0 Å². The van der Waals surface area contributed by atoms with E-state index < -0.39 is 191 Å². The molecular weight excluding hydrogens is 1830 g/mol. The number of ether oxygens (including phenoxy) is 9. The summed E-state index contributed by atoms with van der Waals surface area (Å²) in [5.74, 6) is -2.10. The van der Waals surface area contributed by atoms with E-state index in [0.717, 1.165) is 26.6 Å². The lowest BCUT2D eigenvalue weighted by molar-refractivity contribution is -0.159. The molecule has 0 radical (unpaired) electrons. The van der Waals surface area contributed by atoms with Crippen molar-refractivity contribution in [2.45, 2.75) is 190 Å². The molecule has 716 valence electrons. The molecule has 58 heteroatoms. The largest absolute Gasteiger partial charge is 0.472 e. The number of benzene rings is 2. The highest BCUT2D eigenvalue weighted by Crippen LogP contribution is 2.52. The number of phosphoric acid groups is 4. The Morgan fingerprint density at radius 1 is 0.565 bits per heavy atom. The molecule has 0 bridgehead atoms. The van der Waals surface area contributed by atoms with Crippen LogP contribution in [0.4, 0.5) is 32.9 Å². The number of carbonyl (C=O) groups excluding carboxylic acids is 5. The molecule has 8 aromatic rings. The Morgan fingerprint density at radius 2 is 1.03 bits per heavy atom. The van der Waals surface area contributed by atoms with Crippen LogP contribution >= 0.6 is 31.3 Å². The summed E-state index contributed by atoms with van der Waals surface area (Å²) in [6, 6.07) is 19.7. The van der Waals surface area contributed by atoms with Crippen LogP contribution in [0.1, 0.15) is 115 Å². The predicted molar refractivity (Wildman–Crippen MR) is 445 cm³/mol. The van der Waals surface area contributed by atoms with E-state index in [2.05, 4.69) is 70.9 Å². The van der Waals surface area contributed by atoms with Gasteiger partial charge in [0.15, 0.2) is 41.5 Å². The third kappa shape index (κ3) is 30.8. The van der Waals surface area contributed by atoms with Gasteiger partial charge in [0.25, 0.3) is 0 Å². The molecule has 18 atom stereocenters. The van der Waals surface area contributed by atoms with Gasteiger partial charge in [-0.2, -0.15) is 9.97 Å². The fourth-order valence-corrected chi connectivity index (χ4v) is 15.7. The molecule has 12 rings (SSSR count). The monoisotopic (exact) mass is 1930 g/mol. The molecule has 4 saturated heterocycles. The predicted octanol–water partition coefficient (Wildman–Crippen LogP) is 1.92. The Labute approximate surface area is 742 Å². The van der Waals surface area contributed by atoms with Crippen LogP contribution in [0.2, 0.25) is 0 Å². The SMILES string of the molecule is C#N.CC(C)(C)OC(=O)N[C@@H](CCCCC(=O)OCc1ccccc1)C(=O)O[C@H]1[C@@H](O)[C@H](n2cnc3c(N)ncnc32)O[C@@H]1COP(=O)(O)O[C@H]1C[C@H](n2ccc(N)nc2=O)O[C@@H]1COP(=O)(O)O.COC(=O)[C@@H](C)CCCNC(=O)OCc1ccccc1.Nc1ccn([C@H]2C[C@H](OP(=O)(O)OC[C@H]3O[C@@H](n4cnc5c(N)ncnc54)[C@H](O)[C@@H]3O)[C@@H](COP(=O)(O)O)O2)c(=O)n1. The highest BCUT2D eigenvalue weighted by atomic mass is 31.2. The van der Waals surface area contributed by atoms with Gasteiger partial charge in [-0.1, -0.05) is 74.0 Å². The second-order valence-electron chi connectivity index (χ2n) is 30.0. The second kappa shape index (κ2) is 46.9. The van der Waals surface area contributed by atoms with Crippen molar-refractivity contribution in [1.82, 2.24) is 68.8 Å². The van der Waals surface area contributed by atoms with E-state index in [1.54, 1.807) is 52.0 Å². The number of unbranched alkanes of at least 4 members (excludes halogenated alkanes) is 1. The highest BCUT2D eigenvalue weighted by molar-refractivity contribution is 7.47. The van der Waals surface area contributed by atoms with Gasteiger partial charge in [0.05, 0.1) is 52.1 Å². The number of hydrogen-bond donors (Lipinski definition) is 15. The van der Waals surface area contributed by atoms with Gasteiger partial charge in [0, 0.05) is 44.8 Å². The van der Waals surface area contributed by atoms with Crippen LogP contribution in [-0.2, 0) is 116 Å². The zero-order chi connectivity index (χ0) is 95.9. The normalized spacial score (nSPS) is 23.2. The van der Waals surface area contributed by atoms with Crippen molar-refractivity contribution in [2.75, 3.05) is 63.0 Å². The summed E-state index contributed by atoms with van der Waals surface area (Å²) in [5.41, 5.74) is 22.5. The topological polar surface area (TPSA) is 783 Å². The number of alkyl carbamates (subject to hydrolysis) is 2. The Kier molecular flexibility index (Phi) is 37.2. The molecule has 2 aromatic carbocycles. The van der Waals surface area contributed by atoms with Gasteiger partial charge in [-0.3, -0.25) is 55.0 Å². The molecule has 0 aliphatic carbocycles. The van der Waals surface area contributed by atoms with E-state index in [4.69, 9.17) is 94.0 Å². The maximum atomic E-state index is 14.0. The number of nitriles is 1. The molecule has 6 aromatic heterocycles. The first kappa shape index (κ1) is 104. The number of esters is 3. The Hall–Kier alpha value is -10.9. The minimum atomic E-state index is -5.27. The number of aliphatic hydroxyl groups is 3. The number of nitrogens with one attached hydrogen (secondary N) is 2. The number of hydrogen-bond acceptors (Lipinski definition) is 42. The van der Waals surface area contributed by atoms with Gasteiger partial charge in [0.1, 0.15) is 128 Å². The zero-order valence-electron chi connectivity index (χ0n) is 70.4. The first-order valence-corrected chi connectivity index (χ1v) is 45.6. The van der Waals surface area contributed by atoms with Gasteiger partial charge in [-0.05, 0) is 69.7 Å². The fraction of sp³-hybridized carbons (Fsp3) is 0.507. The summed E-state index contributed by atoms with van der Waals surface area (Å²) in [6.45, 7) is 7.59. The average Bonchev–Trinajstić information content (AvgIpc) is 1.62.